The number of halogens is 1. The summed E-state index contributed by atoms with van der Waals surface area (Å²) in [6, 6.07) is 11.3. The van der Waals surface area contributed by atoms with Crippen LogP contribution >= 0.6 is 23.7 Å². The number of hydrogen-bond acceptors (Lipinski definition) is 8. The predicted octanol–water partition coefficient (Wildman–Crippen LogP) is 2.98. The third kappa shape index (κ3) is 6.09. The first-order valence-electron chi connectivity index (χ1n) is 12.6. The van der Waals surface area contributed by atoms with Crippen LogP contribution in [0.1, 0.15) is 42.3 Å². The van der Waals surface area contributed by atoms with Gasteiger partial charge in [-0.2, -0.15) is 4.31 Å². The number of likely N-dealkylation sites (tertiary alicyclic amines) is 1. The molecule has 0 aliphatic carbocycles. The number of nitrogens with zero attached hydrogens (tertiary/aromatic N) is 3. The molecular formula is C25H35ClN4O6S2. The number of thiophene rings is 1. The van der Waals surface area contributed by atoms with Crippen LogP contribution in [0.4, 0.5) is 5.69 Å². The average molecular weight is 587 g/mol. The molecular weight excluding hydrogens is 552 g/mol. The fourth-order valence-corrected chi connectivity index (χ4v) is 7.66. The Morgan fingerprint density at radius 2 is 1.71 bits per heavy atom. The minimum atomic E-state index is -4.11. The topological polar surface area (TPSA) is 119 Å². The summed E-state index contributed by atoms with van der Waals surface area (Å²) in [6.45, 7) is 4.37. The molecule has 0 spiro atoms. The largest absolute Gasteiger partial charge is 0.494 e. The zero-order chi connectivity index (χ0) is 26.5. The SMILES string of the molecule is CCCCOc1ccc(N2CCN(S(=O)(=O)C3(C(=O)NO)CCN(C(=O)c4cccs4)CC3)CC2)cc1.Cl. The second-order valence-electron chi connectivity index (χ2n) is 9.29. The van der Waals surface area contributed by atoms with E-state index in [1.807, 2.05) is 24.3 Å². The van der Waals surface area contributed by atoms with Gasteiger partial charge >= 0.3 is 0 Å². The molecule has 0 unspecified atom stereocenters. The highest BCUT2D eigenvalue weighted by molar-refractivity contribution is 7.91. The molecule has 0 saturated carbocycles. The second-order valence-corrected chi connectivity index (χ2v) is 12.5. The van der Waals surface area contributed by atoms with Crippen LogP contribution in [-0.4, -0.2) is 85.3 Å². The van der Waals surface area contributed by atoms with Crippen molar-refractivity contribution in [1.82, 2.24) is 14.7 Å². The number of piperidine rings is 1. The number of amides is 2. The van der Waals surface area contributed by atoms with Crippen molar-refractivity contribution in [2.75, 3.05) is 50.8 Å². The van der Waals surface area contributed by atoms with E-state index in [0.717, 1.165) is 24.3 Å². The van der Waals surface area contributed by atoms with E-state index < -0.39 is 20.7 Å². The fourth-order valence-electron chi connectivity index (χ4n) is 4.85. The van der Waals surface area contributed by atoms with E-state index >= 15 is 0 Å². The summed E-state index contributed by atoms with van der Waals surface area (Å²) in [5, 5.41) is 11.2. The normalized spacial score (nSPS) is 17.9. The highest BCUT2D eigenvalue weighted by Crippen LogP contribution is 2.35. The number of unbranched alkanes of at least 4 members (excludes halogenated alkanes) is 1. The van der Waals surface area contributed by atoms with Crippen LogP contribution in [0, 0.1) is 0 Å². The monoisotopic (exact) mass is 586 g/mol. The van der Waals surface area contributed by atoms with E-state index in [4.69, 9.17) is 4.74 Å². The van der Waals surface area contributed by atoms with Gasteiger partial charge in [0.25, 0.3) is 11.8 Å². The van der Waals surface area contributed by atoms with E-state index in [0.29, 0.717) is 24.6 Å². The van der Waals surface area contributed by atoms with Crippen molar-refractivity contribution >= 4 is 51.3 Å². The molecule has 4 rings (SSSR count). The molecule has 10 nitrogen and oxygen atoms in total. The van der Waals surface area contributed by atoms with E-state index in [9.17, 15) is 23.2 Å². The van der Waals surface area contributed by atoms with E-state index in [1.54, 1.807) is 27.9 Å². The number of ether oxygens (including phenoxy) is 1. The van der Waals surface area contributed by atoms with Crippen molar-refractivity contribution in [2.24, 2.45) is 0 Å². The van der Waals surface area contributed by atoms with Crippen LogP contribution in [0.2, 0.25) is 0 Å². The number of benzene rings is 1. The standard InChI is InChI=1S/C25H34N4O6S2.ClH/c1-2-3-18-35-21-8-6-20(7-9-21)27-14-16-29(17-15-27)37(33,34)25(24(31)26-32)10-12-28(13-11-25)23(30)22-5-4-19-36-22;/h4-9,19,32H,2-3,10-18H2,1H3,(H,26,31);1H. The molecule has 2 fully saturated rings. The summed E-state index contributed by atoms with van der Waals surface area (Å²) in [5.41, 5.74) is 2.56. The van der Waals surface area contributed by atoms with Crippen molar-refractivity contribution in [2.45, 2.75) is 37.4 Å². The first kappa shape index (κ1) is 30.2. The molecule has 2 amide bonds. The van der Waals surface area contributed by atoms with Gasteiger partial charge in [0.05, 0.1) is 11.5 Å². The van der Waals surface area contributed by atoms with Gasteiger partial charge in [0.1, 0.15) is 5.75 Å². The lowest BCUT2D eigenvalue weighted by Crippen LogP contribution is -2.64. The van der Waals surface area contributed by atoms with E-state index in [2.05, 4.69) is 11.8 Å². The van der Waals surface area contributed by atoms with Crippen molar-refractivity contribution in [1.29, 1.82) is 0 Å². The first-order valence-corrected chi connectivity index (χ1v) is 14.9. The number of carbonyl (C=O) groups is 2. The second kappa shape index (κ2) is 13.1. The van der Waals surface area contributed by atoms with Crippen LogP contribution in [0.3, 0.4) is 0 Å². The average Bonchev–Trinajstić information content (AvgIpc) is 3.48. The van der Waals surface area contributed by atoms with E-state index in [-0.39, 0.29) is 57.3 Å². The Labute approximate surface area is 234 Å². The Morgan fingerprint density at radius 1 is 1.05 bits per heavy atom. The molecule has 1 aromatic carbocycles. The van der Waals surface area contributed by atoms with Gasteiger partial charge in [-0.15, -0.1) is 23.7 Å². The molecule has 2 N–H and O–H groups in total. The van der Waals surface area contributed by atoms with Gasteiger partial charge in [0.2, 0.25) is 10.0 Å². The molecule has 210 valence electrons. The molecule has 2 saturated heterocycles. The third-order valence-electron chi connectivity index (χ3n) is 7.15. The number of hydrogen-bond donors (Lipinski definition) is 2. The van der Waals surface area contributed by atoms with Gasteiger partial charge in [0.15, 0.2) is 4.75 Å². The molecule has 38 heavy (non-hydrogen) atoms. The molecule has 0 bridgehead atoms. The van der Waals surface area contributed by atoms with Crippen molar-refractivity contribution in [3.63, 3.8) is 0 Å². The van der Waals surface area contributed by atoms with E-state index in [1.165, 1.54) is 15.6 Å². The van der Waals surface area contributed by atoms with Gasteiger partial charge in [-0.25, -0.2) is 13.9 Å². The van der Waals surface area contributed by atoms with Gasteiger partial charge in [-0.05, 0) is 55.0 Å². The minimum absolute atomic E-state index is 0. The molecule has 3 heterocycles. The highest BCUT2D eigenvalue weighted by atomic mass is 35.5. The van der Waals surface area contributed by atoms with Crippen LogP contribution in [0.5, 0.6) is 5.75 Å². The van der Waals surface area contributed by atoms with Crippen molar-refractivity contribution in [3.8, 4) is 5.75 Å². The van der Waals surface area contributed by atoms with Crippen LogP contribution in [-0.2, 0) is 14.8 Å². The maximum absolute atomic E-state index is 13.8. The summed E-state index contributed by atoms with van der Waals surface area (Å²) in [6.07, 6.45) is 1.89. The Bertz CT molecular complexity index is 1160. The lowest BCUT2D eigenvalue weighted by Gasteiger charge is -2.44. The van der Waals surface area contributed by atoms with Crippen LogP contribution in [0.25, 0.3) is 0 Å². The maximum atomic E-state index is 13.8. The molecule has 0 radical (unpaired) electrons. The molecule has 13 heteroatoms. The molecule has 2 aliphatic rings. The predicted molar refractivity (Wildman–Crippen MR) is 149 cm³/mol. The Morgan fingerprint density at radius 3 is 2.26 bits per heavy atom. The summed E-state index contributed by atoms with van der Waals surface area (Å²) in [4.78, 5) is 29.8. The quantitative estimate of drug-likeness (QED) is 0.263. The summed E-state index contributed by atoms with van der Waals surface area (Å²) < 4.78 is 32.8. The highest BCUT2D eigenvalue weighted by Gasteiger charge is 2.55. The fraction of sp³-hybridized carbons (Fsp3) is 0.520. The minimum Gasteiger partial charge on any atom is -0.494 e. The number of hydroxylamine groups is 1. The summed E-state index contributed by atoms with van der Waals surface area (Å²) in [5.74, 6) is -0.322. The molecule has 1 aromatic heterocycles. The third-order valence-corrected chi connectivity index (χ3v) is 10.6. The number of anilines is 1. The summed E-state index contributed by atoms with van der Waals surface area (Å²) in [7, 11) is -4.11. The van der Waals surface area contributed by atoms with Crippen LogP contribution in [0.15, 0.2) is 41.8 Å². The zero-order valence-electron chi connectivity index (χ0n) is 21.4. The molecule has 2 aliphatic heterocycles. The Kier molecular flexibility index (Phi) is 10.4. The smallest absolute Gasteiger partial charge is 0.266 e. The van der Waals surface area contributed by atoms with Gasteiger partial charge < -0.3 is 14.5 Å². The van der Waals surface area contributed by atoms with Crippen LogP contribution < -0.4 is 15.1 Å². The summed E-state index contributed by atoms with van der Waals surface area (Å²) >= 11 is 1.32. The van der Waals surface area contributed by atoms with Gasteiger partial charge in [-0.1, -0.05) is 19.4 Å². The Hall–Kier alpha value is -2.38. The number of nitrogens with one attached hydrogen (secondary N) is 1. The number of piperazine rings is 1. The molecule has 0 atom stereocenters. The zero-order valence-corrected chi connectivity index (χ0v) is 23.8. The van der Waals surface area contributed by atoms with Crippen molar-refractivity contribution < 1.29 is 28.0 Å². The number of carbonyl (C=O) groups excluding carboxylic acids is 2. The molecule has 2 aromatic rings. The lowest BCUT2D eigenvalue weighted by atomic mass is 9.94. The first-order chi connectivity index (χ1) is 17.8. The lowest BCUT2D eigenvalue weighted by molar-refractivity contribution is -0.133. The number of rotatable bonds is 9. The maximum Gasteiger partial charge on any atom is 0.266 e. The number of sulfonamides is 1. The van der Waals surface area contributed by atoms with Gasteiger partial charge in [0, 0.05) is 45.0 Å². The van der Waals surface area contributed by atoms with Gasteiger partial charge in [-0.3, -0.25) is 14.8 Å². The van der Waals surface area contributed by atoms with Crippen molar-refractivity contribution in [3.05, 3.63) is 46.7 Å². The Balaban J connectivity index is 0.00000400.